The van der Waals surface area contributed by atoms with E-state index < -0.39 is 15.0 Å². The van der Waals surface area contributed by atoms with Crippen molar-refractivity contribution in [2.45, 2.75) is 26.6 Å². The van der Waals surface area contributed by atoms with E-state index in [2.05, 4.69) is 92.4 Å². The zero-order chi connectivity index (χ0) is 20.9. The fraction of sp³-hybridized carbons (Fsp3) is 0.200. The Hall–Kier alpha value is -2.35. The molecule has 0 aliphatic rings. The summed E-state index contributed by atoms with van der Waals surface area (Å²) in [4.78, 5) is 14.5. The van der Waals surface area contributed by atoms with Crippen LogP contribution in [-0.2, 0) is 9.53 Å². The minimum atomic E-state index is -2.37. The summed E-state index contributed by atoms with van der Waals surface area (Å²) < 4.78 is 5.69. The summed E-state index contributed by atoms with van der Waals surface area (Å²) in [6.07, 6.45) is 0. The zero-order valence-corrected chi connectivity index (χ0v) is 19.5. The third kappa shape index (κ3) is 4.17. The lowest BCUT2D eigenvalue weighted by molar-refractivity contribution is -0.134. The highest BCUT2D eigenvalue weighted by Crippen LogP contribution is 2.48. The Morgan fingerprint density at radius 1 is 0.724 bits per heavy atom. The quantitative estimate of drug-likeness (QED) is 0.331. The summed E-state index contributed by atoms with van der Waals surface area (Å²) in [5.74, 6) is -0.142. The molecule has 0 bridgehead atoms. The molecule has 29 heavy (non-hydrogen) atoms. The first-order chi connectivity index (χ1) is 13.9. The van der Waals surface area contributed by atoms with E-state index in [1.807, 2.05) is 25.1 Å². The van der Waals surface area contributed by atoms with Crippen LogP contribution in [0.2, 0.25) is 19.6 Å². The van der Waals surface area contributed by atoms with Gasteiger partial charge in [0.25, 0.3) is 0 Å². The van der Waals surface area contributed by atoms with Gasteiger partial charge in [-0.25, -0.2) is 4.79 Å². The molecule has 4 heteroatoms. The molecule has 0 unspecified atom stereocenters. The van der Waals surface area contributed by atoms with Crippen LogP contribution in [0.5, 0.6) is 0 Å². The number of ether oxygens (including phenoxy) is 1. The van der Waals surface area contributed by atoms with E-state index >= 15 is 0 Å². The number of carbonyl (C=O) groups is 1. The van der Waals surface area contributed by atoms with Crippen molar-refractivity contribution in [2.75, 3.05) is 6.61 Å². The summed E-state index contributed by atoms with van der Waals surface area (Å²) in [6.45, 7) is 6.65. The fourth-order valence-electron chi connectivity index (χ4n) is 3.94. The van der Waals surface area contributed by atoms with Crippen LogP contribution >= 0.6 is 6.89 Å². The van der Waals surface area contributed by atoms with Gasteiger partial charge in [0.1, 0.15) is 0 Å². The molecule has 3 rings (SSSR count). The largest absolute Gasteiger partial charge is 0.463 e. The smallest absolute Gasteiger partial charge is 0.330 e. The SMILES string of the molecule is CCOC(=O)C([Si](C)(C)C)=P(c1ccccc1)(c1ccccc1)c1ccccc1. The van der Waals surface area contributed by atoms with Gasteiger partial charge in [-0.15, -0.1) is 0 Å². The number of carbonyl (C=O) groups excluding carboxylic acids is 1. The molecule has 0 aromatic heterocycles. The summed E-state index contributed by atoms with van der Waals surface area (Å²) in [5, 5.41) is 3.59. The minimum Gasteiger partial charge on any atom is -0.463 e. The normalized spacial score (nSPS) is 11.7. The average molecular weight is 421 g/mol. The summed E-state index contributed by atoms with van der Waals surface area (Å²) >= 11 is 0. The number of rotatable bonds is 6. The van der Waals surface area contributed by atoms with Crippen LogP contribution in [0.15, 0.2) is 91.0 Å². The molecule has 150 valence electrons. The number of benzene rings is 3. The summed E-state index contributed by atoms with van der Waals surface area (Å²) in [6, 6.07) is 31.6. The van der Waals surface area contributed by atoms with Crippen LogP contribution in [0.1, 0.15) is 6.92 Å². The lowest BCUT2D eigenvalue weighted by Gasteiger charge is -2.36. The van der Waals surface area contributed by atoms with E-state index in [0.29, 0.717) is 6.61 Å². The van der Waals surface area contributed by atoms with E-state index in [0.717, 1.165) is 4.92 Å². The van der Waals surface area contributed by atoms with Crippen LogP contribution in [0.25, 0.3) is 0 Å². The van der Waals surface area contributed by atoms with Crippen LogP contribution in [0.3, 0.4) is 0 Å². The molecule has 0 atom stereocenters. The predicted octanol–water partition coefficient (Wildman–Crippen LogP) is 4.59. The number of hydrogen-bond acceptors (Lipinski definition) is 2. The van der Waals surface area contributed by atoms with E-state index in [-0.39, 0.29) is 5.97 Å². The molecule has 0 heterocycles. The number of esters is 1. The van der Waals surface area contributed by atoms with Gasteiger partial charge in [0.15, 0.2) is 0 Å². The third-order valence-electron chi connectivity index (χ3n) is 4.95. The van der Waals surface area contributed by atoms with Gasteiger partial charge in [-0.05, 0) is 29.7 Å². The van der Waals surface area contributed by atoms with Crippen molar-refractivity contribution in [2.24, 2.45) is 0 Å². The lowest BCUT2D eigenvalue weighted by Crippen LogP contribution is -2.46. The highest BCUT2D eigenvalue weighted by Gasteiger charge is 2.40. The van der Waals surface area contributed by atoms with Crippen molar-refractivity contribution in [3.05, 3.63) is 91.0 Å². The second kappa shape index (κ2) is 8.98. The molecule has 0 spiro atoms. The van der Waals surface area contributed by atoms with Gasteiger partial charge in [0.2, 0.25) is 0 Å². The summed E-state index contributed by atoms with van der Waals surface area (Å²) in [7, 11) is -2.08. The first kappa shape index (κ1) is 21.4. The first-order valence-corrected chi connectivity index (χ1v) is 15.3. The molecule has 0 fully saturated rings. The molecule has 2 nitrogen and oxygen atoms in total. The van der Waals surface area contributed by atoms with Crippen molar-refractivity contribution >= 4 is 41.8 Å². The Balaban J connectivity index is 2.64. The second-order valence-electron chi connectivity index (χ2n) is 8.00. The lowest BCUT2D eigenvalue weighted by atomic mass is 10.4. The predicted molar refractivity (Wildman–Crippen MR) is 130 cm³/mol. The van der Waals surface area contributed by atoms with Gasteiger partial charge < -0.3 is 4.74 Å². The second-order valence-corrected chi connectivity index (χ2v) is 16.8. The van der Waals surface area contributed by atoms with Crippen LogP contribution in [-0.4, -0.2) is 25.6 Å². The van der Waals surface area contributed by atoms with Crippen molar-refractivity contribution in [1.82, 2.24) is 0 Å². The third-order valence-corrected chi connectivity index (χ3v) is 13.7. The molecule has 0 saturated carbocycles. The van der Waals surface area contributed by atoms with E-state index in [9.17, 15) is 4.79 Å². The maximum Gasteiger partial charge on any atom is 0.330 e. The monoisotopic (exact) mass is 420 g/mol. The Kier molecular flexibility index (Phi) is 6.62. The number of hydrogen-bond donors (Lipinski definition) is 0. The van der Waals surface area contributed by atoms with E-state index in [1.54, 1.807) is 0 Å². The van der Waals surface area contributed by atoms with E-state index in [1.165, 1.54) is 15.9 Å². The molecule has 0 aliphatic heterocycles. The standard InChI is InChI=1S/C25H29O2PSi/c1-5-27-24(26)25(29(2,3)4)28(21-15-9-6-10-16-21,22-17-11-7-12-18-22)23-19-13-8-14-20-23/h6-20H,5H2,1-4H3. The minimum absolute atomic E-state index is 0.142. The van der Waals surface area contributed by atoms with Crippen molar-refractivity contribution in [3.63, 3.8) is 0 Å². The van der Waals surface area contributed by atoms with E-state index in [4.69, 9.17) is 4.74 Å². The topological polar surface area (TPSA) is 26.3 Å². The van der Waals surface area contributed by atoms with Gasteiger partial charge in [0.05, 0.1) is 14.7 Å². The molecule has 0 radical (unpaired) electrons. The van der Waals surface area contributed by atoms with Crippen molar-refractivity contribution < 1.29 is 9.53 Å². The Morgan fingerprint density at radius 3 is 1.34 bits per heavy atom. The highest BCUT2D eigenvalue weighted by atomic mass is 31.2. The van der Waals surface area contributed by atoms with Gasteiger partial charge in [-0.1, -0.05) is 111 Å². The fourth-order valence-corrected chi connectivity index (χ4v) is 13.7. The zero-order valence-electron chi connectivity index (χ0n) is 17.6. The molecular weight excluding hydrogens is 391 g/mol. The van der Waals surface area contributed by atoms with Gasteiger partial charge in [-0.3, -0.25) is 0 Å². The molecule has 3 aromatic rings. The molecule has 0 N–H and O–H groups in total. The molecule has 0 saturated heterocycles. The highest BCUT2D eigenvalue weighted by molar-refractivity contribution is 7.99. The molecule has 3 aromatic carbocycles. The molecule has 0 aliphatic carbocycles. The summed E-state index contributed by atoms with van der Waals surface area (Å²) in [5.41, 5.74) is 0. The van der Waals surface area contributed by atoms with Gasteiger partial charge in [0, 0.05) is 4.92 Å². The Labute approximate surface area is 175 Å². The average Bonchev–Trinajstić information content (AvgIpc) is 2.73. The molecule has 0 amide bonds. The maximum absolute atomic E-state index is 13.6. The maximum atomic E-state index is 13.6. The van der Waals surface area contributed by atoms with Gasteiger partial charge >= 0.3 is 5.97 Å². The first-order valence-electron chi connectivity index (χ1n) is 10.0. The van der Waals surface area contributed by atoms with Crippen LogP contribution in [0.4, 0.5) is 0 Å². The van der Waals surface area contributed by atoms with Crippen molar-refractivity contribution in [3.8, 4) is 0 Å². The van der Waals surface area contributed by atoms with Crippen molar-refractivity contribution in [1.29, 1.82) is 0 Å². The van der Waals surface area contributed by atoms with Crippen LogP contribution < -0.4 is 15.9 Å². The van der Waals surface area contributed by atoms with Gasteiger partial charge in [-0.2, -0.15) is 0 Å². The Bertz CT molecular complexity index is 904. The molecular formula is C25H29O2PSi. The van der Waals surface area contributed by atoms with Crippen LogP contribution in [0, 0.1) is 0 Å². The Morgan fingerprint density at radius 2 is 1.07 bits per heavy atom.